The predicted molar refractivity (Wildman–Crippen MR) is 40.1 cm³/mol. The molecular weight excluding hydrogens is 110 g/mol. The van der Waals surface area contributed by atoms with Gasteiger partial charge in [0, 0.05) is 11.8 Å². The second-order valence-electron chi connectivity index (χ2n) is 4.33. The lowest BCUT2D eigenvalue weighted by molar-refractivity contribution is -0.884. The van der Waals surface area contributed by atoms with Crippen molar-refractivity contribution in [1.29, 1.82) is 0 Å². The summed E-state index contributed by atoms with van der Waals surface area (Å²) in [6.07, 6.45) is 0. The van der Waals surface area contributed by atoms with Gasteiger partial charge in [-0.15, -0.1) is 0 Å². The van der Waals surface area contributed by atoms with E-state index < -0.39 is 0 Å². The first-order valence-electron chi connectivity index (χ1n) is 3.75. The highest BCUT2D eigenvalue weighted by molar-refractivity contribution is 4.92. The second kappa shape index (κ2) is 1.72. The molecule has 0 spiro atoms. The van der Waals surface area contributed by atoms with Gasteiger partial charge in [0.25, 0.3) is 0 Å². The van der Waals surface area contributed by atoms with Crippen LogP contribution < -0.4 is 0 Å². The largest absolute Gasteiger partial charge is 0.328 e. The van der Waals surface area contributed by atoms with Gasteiger partial charge in [0.15, 0.2) is 0 Å². The summed E-state index contributed by atoms with van der Waals surface area (Å²) in [6.45, 7) is 4.69. The van der Waals surface area contributed by atoms with Gasteiger partial charge < -0.3 is 4.48 Å². The highest BCUT2D eigenvalue weighted by Crippen LogP contribution is 2.43. The molecule has 0 amide bonds. The van der Waals surface area contributed by atoms with Crippen LogP contribution in [0.3, 0.4) is 0 Å². The first-order chi connectivity index (χ1) is 3.94. The molecule has 0 aromatic carbocycles. The molecule has 2 atom stereocenters. The van der Waals surface area contributed by atoms with Crippen LogP contribution in [-0.2, 0) is 0 Å². The molecule has 9 heavy (non-hydrogen) atoms. The van der Waals surface area contributed by atoms with E-state index in [4.69, 9.17) is 0 Å². The minimum Gasteiger partial charge on any atom is -0.328 e. The number of nitrogens with zero attached hydrogens (tertiary/aromatic N) is 1. The van der Waals surface area contributed by atoms with E-state index in [0.717, 1.165) is 22.4 Å². The fourth-order valence-corrected chi connectivity index (χ4v) is 2.05. The van der Waals surface area contributed by atoms with Crippen molar-refractivity contribution >= 4 is 0 Å². The third-order valence-corrected chi connectivity index (χ3v) is 2.66. The van der Waals surface area contributed by atoms with Crippen LogP contribution in [-0.4, -0.2) is 31.7 Å². The first-order valence-corrected chi connectivity index (χ1v) is 3.75. The molecule has 0 saturated heterocycles. The van der Waals surface area contributed by atoms with Gasteiger partial charge in [-0.3, -0.25) is 0 Å². The topological polar surface area (TPSA) is 0 Å². The summed E-state index contributed by atoms with van der Waals surface area (Å²) < 4.78 is 1.14. The standard InChI is InChI=1S/C8H18N/c1-6-7(2)8(6)9(3,4)5/h6-8H,1-5H3/q+1. The maximum atomic E-state index is 2.35. The monoisotopic (exact) mass is 128 g/mol. The molecule has 0 bridgehead atoms. The lowest BCUT2D eigenvalue weighted by Gasteiger charge is -2.24. The molecule has 1 fully saturated rings. The van der Waals surface area contributed by atoms with Gasteiger partial charge in [0.2, 0.25) is 0 Å². The Kier molecular flexibility index (Phi) is 1.35. The van der Waals surface area contributed by atoms with E-state index in [2.05, 4.69) is 35.0 Å². The quantitative estimate of drug-likeness (QED) is 0.468. The minimum absolute atomic E-state index is 0.921. The number of quaternary nitrogens is 1. The summed E-state index contributed by atoms with van der Waals surface area (Å²) in [4.78, 5) is 0. The summed E-state index contributed by atoms with van der Waals surface area (Å²) >= 11 is 0. The van der Waals surface area contributed by atoms with E-state index in [0.29, 0.717) is 0 Å². The van der Waals surface area contributed by atoms with Crippen LogP contribution in [0.1, 0.15) is 13.8 Å². The van der Waals surface area contributed by atoms with Crippen molar-refractivity contribution in [3.05, 3.63) is 0 Å². The molecule has 1 nitrogen and oxygen atoms in total. The average molecular weight is 128 g/mol. The molecule has 0 aromatic heterocycles. The van der Waals surface area contributed by atoms with Crippen molar-refractivity contribution in [2.45, 2.75) is 19.9 Å². The van der Waals surface area contributed by atoms with Crippen LogP contribution >= 0.6 is 0 Å². The summed E-state index contributed by atoms with van der Waals surface area (Å²) in [5.74, 6) is 1.90. The minimum atomic E-state index is 0.921. The lowest BCUT2D eigenvalue weighted by atomic mass is 10.4. The third-order valence-electron chi connectivity index (χ3n) is 2.66. The van der Waals surface area contributed by atoms with Crippen molar-refractivity contribution in [2.75, 3.05) is 21.1 Å². The zero-order valence-electron chi connectivity index (χ0n) is 7.18. The van der Waals surface area contributed by atoms with E-state index in [9.17, 15) is 0 Å². The first kappa shape index (κ1) is 7.07. The summed E-state index contributed by atoms with van der Waals surface area (Å²) in [6, 6.07) is 0.921. The molecule has 0 aliphatic heterocycles. The average Bonchev–Trinajstić information content (AvgIpc) is 2.11. The molecule has 0 heterocycles. The van der Waals surface area contributed by atoms with E-state index >= 15 is 0 Å². The maximum Gasteiger partial charge on any atom is 0.0945 e. The van der Waals surface area contributed by atoms with Gasteiger partial charge in [-0.2, -0.15) is 0 Å². The van der Waals surface area contributed by atoms with Crippen molar-refractivity contribution < 1.29 is 4.48 Å². The van der Waals surface area contributed by atoms with Crippen LogP contribution in [0.25, 0.3) is 0 Å². The molecule has 1 saturated carbocycles. The van der Waals surface area contributed by atoms with Crippen LogP contribution in [0.2, 0.25) is 0 Å². The Morgan fingerprint density at radius 3 is 1.22 bits per heavy atom. The Morgan fingerprint density at radius 1 is 0.889 bits per heavy atom. The Bertz CT molecular complexity index is 104. The smallest absolute Gasteiger partial charge is 0.0945 e. The van der Waals surface area contributed by atoms with Gasteiger partial charge in [-0.1, -0.05) is 13.8 Å². The molecular formula is C8H18N+. The summed E-state index contributed by atoms with van der Waals surface area (Å²) in [5.41, 5.74) is 0. The summed E-state index contributed by atoms with van der Waals surface area (Å²) in [7, 11) is 6.85. The van der Waals surface area contributed by atoms with Gasteiger partial charge in [-0.25, -0.2) is 0 Å². The zero-order chi connectivity index (χ0) is 7.23. The lowest BCUT2D eigenvalue weighted by Crippen LogP contribution is -2.38. The highest BCUT2D eigenvalue weighted by atomic mass is 15.3. The Balaban J connectivity index is 2.50. The number of hydrogen-bond acceptors (Lipinski definition) is 0. The normalized spacial score (nSPS) is 43.0. The molecule has 54 valence electrons. The van der Waals surface area contributed by atoms with Crippen LogP contribution in [0.4, 0.5) is 0 Å². The van der Waals surface area contributed by atoms with Crippen molar-refractivity contribution in [2.24, 2.45) is 11.8 Å². The van der Waals surface area contributed by atoms with Gasteiger partial charge in [-0.05, 0) is 0 Å². The van der Waals surface area contributed by atoms with Gasteiger partial charge in [0.1, 0.15) is 0 Å². The number of hydrogen-bond donors (Lipinski definition) is 0. The van der Waals surface area contributed by atoms with Crippen molar-refractivity contribution in [3.63, 3.8) is 0 Å². The van der Waals surface area contributed by atoms with E-state index in [1.165, 1.54) is 0 Å². The van der Waals surface area contributed by atoms with Gasteiger partial charge >= 0.3 is 0 Å². The Hall–Kier alpha value is -0.0400. The predicted octanol–water partition coefficient (Wildman–Crippen LogP) is 1.35. The molecule has 0 aromatic rings. The molecule has 1 rings (SSSR count). The molecule has 1 heteroatoms. The maximum absolute atomic E-state index is 2.35. The fourth-order valence-electron chi connectivity index (χ4n) is 2.05. The highest BCUT2D eigenvalue weighted by Gasteiger charge is 2.52. The molecule has 2 unspecified atom stereocenters. The third kappa shape index (κ3) is 1.11. The van der Waals surface area contributed by atoms with Crippen LogP contribution in [0.5, 0.6) is 0 Å². The van der Waals surface area contributed by atoms with Gasteiger partial charge in [0.05, 0.1) is 27.2 Å². The SMILES string of the molecule is CC1C(C)C1[N+](C)(C)C. The van der Waals surface area contributed by atoms with E-state index in [1.807, 2.05) is 0 Å². The fraction of sp³-hybridized carbons (Fsp3) is 1.00. The summed E-state index contributed by atoms with van der Waals surface area (Å²) in [5, 5.41) is 0. The Labute approximate surface area is 58.3 Å². The van der Waals surface area contributed by atoms with Crippen molar-refractivity contribution in [3.8, 4) is 0 Å². The molecule has 1 aliphatic carbocycles. The van der Waals surface area contributed by atoms with Crippen molar-refractivity contribution in [1.82, 2.24) is 0 Å². The molecule has 0 radical (unpaired) electrons. The molecule has 0 N–H and O–H groups in total. The number of rotatable bonds is 1. The van der Waals surface area contributed by atoms with E-state index in [-0.39, 0.29) is 0 Å². The Morgan fingerprint density at radius 2 is 1.22 bits per heavy atom. The second-order valence-corrected chi connectivity index (χ2v) is 4.33. The van der Waals surface area contributed by atoms with Crippen LogP contribution in [0, 0.1) is 11.8 Å². The van der Waals surface area contributed by atoms with Crippen LogP contribution in [0.15, 0.2) is 0 Å². The zero-order valence-corrected chi connectivity index (χ0v) is 7.18. The van der Waals surface area contributed by atoms with E-state index in [1.54, 1.807) is 0 Å². The molecule has 1 aliphatic rings.